The van der Waals surface area contributed by atoms with Crippen LogP contribution < -0.4 is 5.73 Å². The molecule has 0 aliphatic rings. The molecule has 0 spiro atoms. The van der Waals surface area contributed by atoms with Crippen LogP contribution >= 0.6 is 0 Å². The van der Waals surface area contributed by atoms with Gasteiger partial charge in [-0.2, -0.15) is 0 Å². The Labute approximate surface area is 101 Å². The summed E-state index contributed by atoms with van der Waals surface area (Å²) in [5.41, 5.74) is 7.53. The molecule has 0 amide bonds. The van der Waals surface area contributed by atoms with E-state index in [-0.39, 0.29) is 11.7 Å². The molecule has 17 heavy (non-hydrogen) atoms. The van der Waals surface area contributed by atoms with Crippen LogP contribution in [0.15, 0.2) is 18.2 Å². The maximum absolute atomic E-state index is 9.41. The maximum atomic E-state index is 9.41. The first kappa shape index (κ1) is 11.9. The summed E-state index contributed by atoms with van der Waals surface area (Å²) in [6, 6.07) is 5.15. The molecule has 0 radical (unpaired) electrons. The third-order valence-electron chi connectivity index (χ3n) is 2.91. The van der Waals surface area contributed by atoms with Crippen LogP contribution in [-0.4, -0.2) is 21.6 Å². The van der Waals surface area contributed by atoms with E-state index in [1.54, 1.807) is 12.1 Å². The van der Waals surface area contributed by atoms with Crippen molar-refractivity contribution in [3.05, 3.63) is 24.0 Å². The van der Waals surface area contributed by atoms with E-state index in [2.05, 4.69) is 23.8 Å². The molecule has 4 heteroatoms. The largest absolute Gasteiger partial charge is 0.508 e. The smallest absolute Gasteiger partial charge is 0.117 e. The number of aromatic nitrogens is 2. The van der Waals surface area contributed by atoms with Crippen LogP contribution in [0, 0.1) is 5.92 Å². The molecule has 1 aromatic carbocycles. The summed E-state index contributed by atoms with van der Waals surface area (Å²) >= 11 is 0. The van der Waals surface area contributed by atoms with Crippen molar-refractivity contribution >= 4 is 11.0 Å². The van der Waals surface area contributed by atoms with Gasteiger partial charge < -0.3 is 15.8 Å². The molecule has 1 atom stereocenters. The van der Waals surface area contributed by atoms with Crippen LogP contribution in [0.5, 0.6) is 5.75 Å². The number of imidazole rings is 1. The molecular formula is C13H19N3O. The second kappa shape index (κ2) is 4.75. The third kappa shape index (κ3) is 2.58. The van der Waals surface area contributed by atoms with Gasteiger partial charge in [-0.15, -0.1) is 0 Å². The zero-order valence-corrected chi connectivity index (χ0v) is 10.3. The van der Waals surface area contributed by atoms with Gasteiger partial charge in [0.2, 0.25) is 0 Å². The number of nitrogens with zero attached hydrogens (tertiary/aromatic N) is 1. The number of phenolic OH excluding ortho intramolecular Hbond substituents is 1. The zero-order chi connectivity index (χ0) is 12.4. The SMILES string of the molecule is CC(C)CC(CN)c1nc2ccc(O)cc2[nH]1. The third-order valence-corrected chi connectivity index (χ3v) is 2.91. The standard InChI is InChI=1S/C13H19N3O/c1-8(2)5-9(7-14)13-15-11-4-3-10(17)6-12(11)16-13/h3-4,6,8-9,17H,5,7,14H2,1-2H3,(H,15,16). The number of fused-ring (bicyclic) bond motifs is 1. The fraction of sp³-hybridized carbons (Fsp3) is 0.462. The highest BCUT2D eigenvalue weighted by atomic mass is 16.3. The molecule has 2 rings (SSSR count). The van der Waals surface area contributed by atoms with Crippen LogP contribution in [0.1, 0.15) is 32.0 Å². The van der Waals surface area contributed by atoms with Gasteiger partial charge in [-0.3, -0.25) is 0 Å². The van der Waals surface area contributed by atoms with Crippen LogP contribution in [0.2, 0.25) is 0 Å². The molecule has 1 aromatic heterocycles. The number of phenols is 1. The number of nitrogens with two attached hydrogens (primary N) is 1. The van der Waals surface area contributed by atoms with E-state index in [1.807, 2.05) is 6.07 Å². The number of hydrogen-bond acceptors (Lipinski definition) is 3. The maximum Gasteiger partial charge on any atom is 0.117 e. The van der Waals surface area contributed by atoms with Crippen molar-refractivity contribution in [3.63, 3.8) is 0 Å². The van der Waals surface area contributed by atoms with Gasteiger partial charge >= 0.3 is 0 Å². The van der Waals surface area contributed by atoms with Gasteiger partial charge in [0.15, 0.2) is 0 Å². The zero-order valence-electron chi connectivity index (χ0n) is 10.3. The summed E-state index contributed by atoms with van der Waals surface area (Å²) in [5, 5.41) is 9.41. The van der Waals surface area contributed by atoms with Crippen molar-refractivity contribution in [2.24, 2.45) is 11.7 Å². The predicted octanol–water partition coefficient (Wildman–Crippen LogP) is 2.36. The van der Waals surface area contributed by atoms with Gasteiger partial charge in [0.25, 0.3) is 0 Å². The highest BCUT2D eigenvalue weighted by molar-refractivity contribution is 5.76. The number of H-pyrrole nitrogens is 1. The highest BCUT2D eigenvalue weighted by Gasteiger charge is 2.15. The van der Waals surface area contributed by atoms with Crippen LogP contribution in [0.25, 0.3) is 11.0 Å². The van der Waals surface area contributed by atoms with Crippen molar-refractivity contribution in [1.82, 2.24) is 9.97 Å². The Morgan fingerprint density at radius 3 is 2.82 bits per heavy atom. The quantitative estimate of drug-likeness (QED) is 0.758. The molecule has 1 heterocycles. The van der Waals surface area contributed by atoms with Crippen molar-refractivity contribution in [2.75, 3.05) is 6.54 Å². The first-order valence-electron chi connectivity index (χ1n) is 5.99. The fourth-order valence-corrected chi connectivity index (χ4v) is 2.10. The normalized spacial score (nSPS) is 13.4. The number of benzene rings is 1. The summed E-state index contributed by atoms with van der Waals surface area (Å²) in [6.45, 7) is 4.94. The number of rotatable bonds is 4. The average Bonchev–Trinajstić information content (AvgIpc) is 2.68. The number of nitrogens with one attached hydrogen (secondary N) is 1. The molecule has 0 aliphatic heterocycles. The number of aromatic hydroxyl groups is 1. The van der Waals surface area contributed by atoms with Gasteiger partial charge in [0.1, 0.15) is 11.6 Å². The molecule has 4 nitrogen and oxygen atoms in total. The summed E-state index contributed by atoms with van der Waals surface area (Å²) in [7, 11) is 0. The molecule has 4 N–H and O–H groups in total. The summed E-state index contributed by atoms with van der Waals surface area (Å²) in [5.74, 6) is 2.01. The summed E-state index contributed by atoms with van der Waals surface area (Å²) in [4.78, 5) is 7.77. The van der Waals surface area contributed by atoms with Crippen LogP contribution in [0.4, 0.5) is 0 Å². The van der Waals surface area contributed by atoms with Crippen molar-refractivity contribution < 1.29 is 5.11 Å². The van der Waals surface area contributed by atoms with E-state index in [4.69, 9.17) is 5.73 Å². The molecule has 2 aromatic rings. The molecular weight excluding hydrogens is 214 g/mol. The first-order chi connectivity index (χ1) is 8.10. The van der Waals surface area contributed by atoms with E-state index >= 15 is 0 Å². The monoisotopic (exact) mass is 233 g/mol. The number of hydrogen-bond donors (Lipinski definition) is 3. The molecule has 0 fully saturated rings. The minimum Gasteiger partial charge on any atom is -0.508 e. The second-order valence-electron chi connectivity index (χ2n) is 4.89. The molecule has 0 saturated heterocycles. The van der Waals surface area contributed by atoms with Gasteiger partial charge in [-0.05, 0) is 24.5 Å². The molecule has 1 unspecified atom stereocenters. The van der Waals surface area contributed by atoms with Crippen molar-refractivity contribution in [1.29, 1.82) is 0 Å². The molecule has 92 valence electrons. The summed E-state index contributed by atoms with van der Waals surface area (Å²) < 4.78 is 0. The van der Waals surface area contributed by atoms with E-state index in [0.29, 0.717) is 12.5 Å². The highest BCUT2D eigenvalue weighted by Crippen LogP contribution is 2.24. The van der Waals surface area contributed by atoms with E-state index in [9.17, 15) is 5.11 Å². The topological polar surface area (TPSA) is 74.9 Å². The lowest BCUT2D eigenvalue weighted by Gasteiger charge is -2.14. The number of aromatic amines is 1. The Balaban J connectivity index is 2.34. The summed E-state index contributed by atoms with van der Waals surface area (Å²) in [6.07, 6.45) is 1.02. The van der Waals surface area contributed by atoms with E-state index in [1.165, 1.54) is 0 Å². The average molecular weight is 233 g/mol. The molecule has 0 aliphatic carbocycles. The van der Waals surface area contributed by atoms with E-state index < -0.39 is 0 Å². The van der Waals surface area contributed by atoms with Gasteiger partial charge in [-0.1, -0.05) is 13.8 Å². The lowest BCUT2D eigenvalue weighted by Crippen LogP contribution is -2.15. The van der Waals surface area contributed by atoms with Crippen LogP contribution in [-0.2, 0) is 0 Å². The Hall–Kier alpha value is -1.55. The lowest BCUT2D eigenvalue weighted by molar-refractivity contribution is 0.476. The van der Waals surface area contributed by atoms with Gasteiger partial charge in [0.05, 0.1) is 11.0 Å². The Morgan fingerprint density at radius 2 is 2.18 bits per heavy atom. The minimum atomic E-state index is 0.251. The molecule has 0 bridgehead atoms. The van der Waals surface area contributed by atoms with Crippen molar-refractivity contribution in [2.45, 2.75) is 26.2 Å². The predicted molar refractivity (Wildman–Crippen MR) is 69.0 cm³/mol. The Kier molecular flexibility index (Phi) is 3.33. The van der Waals surface area contributed by atoms with Gasteiger partial charge in [0, 0.05) is 18.5 Å². The van der Waals surface area contributed by atoms with Crippen LogP contribution in [0.3, 0.4) is 0 Å². The fourth-order valence-electron chi connectivity index (χ4n) is 2.10. The first-order valence-corrected chi connectivity index (χ1v) is 5.99. The van der Waals surface area contributed by atoms with Gasteiger partial charge in [-0.25, -0.2) is 4.98 Å². The minimum absolute atomic E-state index is 0.251. The van der Waals surface area contributed by atoms with E-state index in [0.717, 1.165) is 23.3 Å². The Morgan fingerprint density at radius 1 is 1.41 bits per heavy atom. The Bertz CT molecular complexity index is 504. The lowest BCUT2D eigenvalue weighted by atomic mass is 9.97. The second-order valence-corrected chi connectivity index (χ2v) is 4.89. The van der Waals surface area contributed by atoms with Crippen molar-refractivity contribution in [3.8, 4) is 5.75 Å². The molecule has 0 saturated carbocycles.